The normalized spacial score (nSPS) is 10.6. The number of rotatable bonds is 2. The summed E-state index contributed by atoms with van der Waals surface area (Å²) in [5.41, 5.74) is 2.59. The number of aromatic nitrogens is 1. The van der Waals surface area contributed by atoms with E-state index in [4.69, 9.17) is 5.73 Å². The number of halogens is 4. The molecule has 0 aliphatic rings. The van der Waals surface area contributed by atoms with E-state index in [-0.39, 0.29) is 12.4 Å². The van der Waals surface area contributed by atoms with Crippen molar-refractivity contribution in [2.45, 2.75) is 6.18 Å². The first-order chi connectivity index (χ1) is 7.34. The van der Waals surface area contributed by atoms with Crippen LogP contribution in [0.4, 0.5) is 18.9 Å². The highest BCUT2D eigenvalue weighted by atomic mass is 35.5. The molecule has 0 aliphatic carbocycles. The number of aromatic amines is 1. The third-order valence-electron chi connectivity index (χ3n) is 1.69. The van der Waals surface area contributed by atoms with E-state index in [1.54, 1.807) is 0 Å². The maximum absolute atomic E-state index is 12.3. The first-order valence-electron chi connectivity index (χ1n) is 4.14. The molecule has 0 saturated heterocycles. The van der Waals surface area contributed by atoms with Gasteiger partial charge in [0.05, 0.1) is 12.1 Å². The molecule has 9 heteroatoms. The van der Waals surface area contributed by atoms with E-state index in [0.29, 0.717) is 12.3 Å². The zero-order chi connectivity index (χ0) is 12.3. The molecule has 0 saturated carbocycles. The Morgan fingerprint density at radius 3 is 2.53 bits per heavy atom. The van der Waals surface area contributed by atoms with Gasteiger partial charge < -0.3 is 16.0 Å². The second-order valence-corrected chi connectivity index (χ2v) is 2.88. The van der Waals surface area contributed by atoms with Gasteiger partial charge in [-0.25, -0.2) is 0 Å². The number of carbonyl (C=O) groups is 1. The third-order valence-corrected chi connectivity index (χ3v) is 1.69. The van der Waals surface area contributed by atoms with Gasteiger partial charge in [-0.3, -0.25) is 9.59 Å². The standard InChI is InChI=1S/C8H8F3N3O2.ClH/c9-8(10,11)4-1-5(7(16)13-3-4)14-6(15)2-12;/h1,3H,2,12H2,(H,13,16)(H,14,15);1H. The SMILES string of the molecule is Cl.NCC(=O)Nc1cc(C(F)(F)F)c[nH]c1=O. The molecule has 0 aromatic carbocycles. The van der Waals surface area contributed by atoms with Gasteiger partial charge in [-0.1, -0.05) is 0 Å². The van der Waals surface area contributed by atoms with Gasteiger partial charge >= 0.3 is 6.18 Å². The van der Waals surface area contributed by atoms with Crippen molar-refractivity contribution in [1.29, 1.82) is 0 Å². The number of hydrogen-bond donors (Lipinski definition) is 3. The van der Waals surface area contributed by atoms with E-state index >= 15 is 0 Å². The van der Waals surface area contributed by atoms with Gasteiger partial charge in [0.1, 0.15) is 5.69 Å². The minimum Gasteiger partial charge on any atom is -0.327 e. The molecule has 1 aromatic rings. The quantitative estimate of drug-likeness (QED) is 0.740. The predicted molar refractivity (Wildman–Crippen MR) is 57.0 cm³/mol. The summed E-state index contributed by atoms with van der Waals surface area (Å²) < 4.78 is 36.8. The Balaban J connectivity index is 0.00000256. The Bertz CT molecular complexity index is 458. The lowest BCUT2D eigenvalue weighted by molar-refractivity contribution is -0.137. The minimum absolute atomic E-state index is 0. The van der Waals surface area contributed by atoms with Crippen LogP contribution in [0.3, 0.4) is 0 Å². The van der Waals surface area contributed by atoms with E-state index < -0.39 is 35.4 Å². The van der Waals surface area contributed by atoms with Gasteiger partial charge in [0, 0.05) is 6.20 Å². The Kier molecular flexibility index (Phi) is 5.17. The fraction of sp³-hybridized carbons (Fsp3) is 0.250. The second kappa shape index (κ2) is 5.69. The van der Waals surface area contributed by atoms with Crippen molar-refractivity contribution in [2.75, 3.05) is 11.9 Å². The highest BCUT2D eigenvalue weighted by Gasteiger charge is 2.31. The summed E-state index contributed by atoms with van der Waals surface area (Å²) in [5.74, 6) is -0.746. The molecule has 17 heavy (non-hydrogen) atoms. The van der Waals surface area contributed by atoms with E-state index in [1.165, 1.54) is 0 Å². The molecule has 5 nitrogen and oxygen atoms in total. The van der Waals surface area contributed by atoms with Crippen molar-refractivity contribution in [1.82, 2.24) is 4.98 Å². The van der Waals surface area contributed by atoms with Crippen LogP contribution >= 0.6 is 12.4 Å². The molecule has 1 rings (SSSR count). The van der Waals surface area contributed by atoms with Crippen LogP contribution in [0.1, 0.15) is 5.56 Å². The number of nitrogens with two attached hydrogens (primary N) is 1. The first-order valence-corrected chi connectivity index (χ1v) is 4.14. The number of pyridine rings is 1. The van der Waals surface area contributed by atoms with Crippen LogP contribution in [0, 0.1) is 0 Å². The number of alkyl halides is 3. The topological polar surface area (TPSA) is 88.0 Å². The maximum Gasteiger partial charge on any atom is 0.417 e. The fourth-order valence-electron chi connectivity index (χ4n) is 0.942. The average Bonchev–Trinajstić information content (AvgIpc) is 2.19. The van der Waals surface area contributed by atoms with Crippen LogP contribution in [0.2, 0.25) is 0 Å². The van der Waals surface area contributed by atoms with Gasteiger partial charge in [0.15, 0.2) is 0 Å². The lowest BCUT2D eigenvalue weighted by Gasteiger charge is -2.08. The van der Waals surface area contributed by atoms with Crippen LogP contribution in [0.25, 0.3) is 0 Å². The molecule has 1 amide bonds. The Hall–Kier alpha value is -1.54. The van der Waals surface area contributed by atoms with Crippen molar-refractivity contribution in [3.8, 4) is 0 Å². The summed E-state index contributed by atoms with van der Waals surface area (Å²) in [4.78, 5) is 23.8. The average molecular weight is 272 g/mol. The summed E-state index contributed by atoms with van der Waals surface area (Å²) in [6, 6.07) is 0.548. The molecule has 1 aromatic heterocycles. The molecule has 96 valence electrons. The molecule has 0 unspecified atom stereocenters. The van der Waals surface area contributed by atoms with Gasteiger partial charge in [-0.15, -0.1) is 12.4 Å². The number of amides is 1. The van der Waals surface area contributed by atoms with E-state index in [9.17, 15) is 22.8 Å². The molecule has 0 radical (unpaired) electrons. The van der Waals surface area contributed by atoms with Crippen LogP contribution in [-0.4, -0.2) is 17.4 Å². The van der Waals surface area contributed by atoms with E-state index in [0.717, 1.165) is 0 Å². The highest BCUT2D eigenvalue weighted by Crippen LogP contribution is 2.28. The molecule has 4 N–H and O–H groups in total. The van der Waals surface area contributed by atoms with Crippen LogP contribution in [0.5, 0.6) is 0 Å². The zero-order valence-electron chi connectivity index (χ0n) is 8.30. The summed E-state index contributed by atoms with van der Waals surface area (Å²) in [6.45, 7) is -0.421. The van der Waals surface area contributed by atoms with Gasteiger partial charge in [-0.05, 0) is 6.07 Å². The highest BCUT2D eigenvalue weighted by molar-refractivity contribution is 5.91. The monoisotopic (exact) mass is 271 g/mol. The number of carbonyl (C=O) groups excluding carboxylic acids is 1. The van der Waals surface area contributed by atoms with Crippen molar-refractivity contribution >= 4 is 24.0 Å². The molecule has 1 heterocycles. The van der Waals surface area contributed by atoms with E-state index in [1.807, 2.05) is 10.3 Å². The fourth-order valence-corrected chi connectivity index (χ4v) is 0.942. The van der Waals surface area contributed by atoms with E-state index in [2.05, 4.69) is 0 Å². The number of anilines is 1. The Morgan fingerprint density at radius 1 is 1.47 bits per heavy atom. The molecule has 0 spiro atoms. The minimum atomic E-state index is -4.59. The van der Waals surface area contributed by atoms with Gasteiger partial charge in [0.2, 0.25) is 5.91 Å². The van der Waals surface area contributed by atoms with Crippen LogP contribution < -0.4 is 16.6 Å². The molecule has 0 aliphatic heterocycles. The van der Waals surface area contributed by atoms with Crippen molar-refractivity contribution in [2.24, 2.45) is 5.73 Å². The summed E-state index contributed by atoms with van der Waals surface area (Å²) in [5, 5.41) is 1.96. The first kappa shape index (κ1) is 15.5. The summed E-state index contributed by atoms with van der Waals surface area (Å²) in [7, 11) is 0. The molecule has 0 bridgehead atoms. The molecular weight excluding hydrogens is 263 g/mol. The predicted octanol–water partition coefficient (Wildman–Crippen LogP) is 0.713. The Labute approximate surface area is 99.6 Å². The largest absolute Gasteiger partial charge is 0.417 e. The number of hydrogen-bond acceptors (Lipinski definition) is 3. The lowest BCUT2D eigenvalue weighted by Crippen LogP contribution is -2.26. The smallest absolute Gasteiger partial charge is 0.327 e. The van der Waals surface area contributed by atoms with Crippen molar-refractivity contribution < 1.29 is 18.0 Å². The summed E-state index contributed by atoms with van der Waals surface area (Å²) >= 11 is 0. The maximum atomic E-state index is 12.3. The number of nitrogens with one attached hydrogen (secondary N) is 2. The van der Waals surface area contributed by atoms with Gasteiger partial charge in [0.25, 0.3) is 5.56 Å². The second-order valence-electron chi connectivity index (χ2n) is 2.88. The molecular formula is C8H9ClF3N3O2. The van der Waals surface area contributed by atoms with Crippen molar-refractivity contribution in [3.63, 3.8) is 0 Å². The van der Waals surface area contributed by atoms with Crippen LogP contribution in [0.15, 0.2) is 17.1 Å². The van der Waals surface area contributed by atoms with Gasteiger partial charge in [-0.2, -0.15) is 13.2 Å². The lowest BCUT2D eigenvalue weighted by atomic mass is 10.2. The molecule has 0 fully saturated rings. The molecule has 0 atom stereocenters. The van der Waals surface area contributed by atoms with Crippen molar-refractivity contribution in [3.05, 3.63) is 28.2 Å². The Morgan fingerprint density at radius 2 is 2.06 bits per heavy atom. The summed E-state index contributed by atoms with van der Waals surface area (Å²) in [6.07, 6.45) is -4.06. The zero-order valence-corrected chi connectivity index (χ0v) is 9.11. The number of H-pyrrole nitrogens is 1. The third kappa shape index (κ3) is 4.08. The van der Waals surface area contributed by atoms with Crippen LogP contribution in [-0.2, 0) is 11.0 Å².